The van der Waals surface area contributed by atoms with Crippen LogP contribution in [0.4, 0.5) is 11.6 Å². The molecule has 2 heterocycles. The molecule has 104 valence electrons. The van der Waals surface area contributed by atoms with Gasteiger partial charge in [-0.3, -0.25) is 0 Å². The van der Waals surface area contributed by atoms with Crippen molar-refractivity contribution in [3.63, 3.8) is 0 Å². The number of anilines is 1. The molecule has 1 aromatic carbocycles. The van der Waals surface area contributed by atoms with Crippen molar-refractivity contribution in [2.45, 2.75) is 12.8 Å². The molecule has 1 aromatic heterocycles. The molecule has 0 radical (unpaired) electrons. The Bertz CT molecular complexity index is 598. The molecule has 4 heteroatoms. The highest BCUT2D eigenvalue weighted by molar-refractivity contribution is 5.80. The van der Waals surface area contributed by atoms with E-state index in [1.165, 1.54) is 12.8 Å². The van der Waals surface area contributed by atoms with E-state index in [2.05, 4.69) is 9.89 Å². The van der Waals surface area contributed by atoms with Crippen LogP contribution in [0.1, 0.15) is 18.6 Å². The van der Waals surface area contributed by atoms with Crippen LogP contribution >= 0.6 is 0 Å². The Morgan fingerprint density at radius 1 is 1.15 bits per heavy atom. The Hall–Kier alpha value is -2.23. The minimum absolute atomic E-state index is 0.759. The van der Waals surface area contributed by atoms with Gasteiger partial charge in [0.15, 0.2) is 5.88 Å². The van der Waals surface area contributed by atoms with Crippen LogP contribution in [0.25, 0.3) is 0 Å². The first-order valence-corrected chi connectivity index (χ1v) is 6.89. The Kier molecular flexibility index (Phi) is 3.72. The summed E-state index contributed by atoms with van der Waals surface area (Å²) in [5, 5.41) is 0. The van der Waals surface area contributed by atoms with E-state index >= 15 is 0 Å². The largest absolute Gasteiger partial charge is 0.494 e. The SMILES string of the molecule is COc1ccccc1N=Cc1ccc(N2CCCC2)o1. The molecule has 3 rings (SSSR count). The summed E-state index contributed by atoms with van der Waals surface area (Å²) >= 11 is 0. The molecule has 0 bridgehead atoms. The third-order valence-corrected chi connectivity index (χ3v) is 3.45. The van der Waals surface area contributed by atoms with Crippen LogP contribution in [0.3, 0.4) is 0 Å². The number of para-hydroxylation sites is 2. The fourth-order valence-electron chi connectivity index (χ4n) is 2.39. The van der Waals surface area contributed by atoms with Crippen LogP contribution < -0.4 is 9.64 Å². The van der Waals surface area contributed by atoms with Crippen LogP contribution in [-0.4, -0.2) is 26.4 Å². The normalized spacial score (nSPS) is 15.2. The van der Waals surface area contributed by atoms with Crippen molar-refractivity contribution in [2.24, 2.45) is 4.99 Å². The molecule has 1 saturated heterocycles. The maximum absolute atomic E-state index is 5.80. The molecule has 20 heavy (non-hydrogen) atoms. The van der Waals surface area contributed by atoms with Gasteiger partial charge in [-0.1, -0.05) is 12.1 Å². The highest BCUT2D eigenvalue weighted by Crippen LogP contribution is 2.27. The number of nitrogens with zero attached hydrogens (tertiary/aromatic N) is 2. The zero-order valence-electron chi connectivity index (χ0n) is 11.6. The number of hydrogen-bond donors (Lipinski definition) is 0. The van der Waals surface area contributed by atoms with Gasteiger partial charge in [0.2, 0.25) is 0 Å². The number of furan rings is 1. The lowest BCUT2D eigenvalue weighted by molar-refractivity contribution is 0.416. The second-order valence-electron chi connectivity index (χ2n) is 4.80. The van der Waals surface area contributed by atoms with Crippen molar-refractivity contribution in [3.05, 3.63) is 42.2 Å². The van der Waals surface area contributed by atoms with Gasteiger partial charge in [-0.25, -0.2) is 4.99 Å². The molecule has 0 saturated carbocycles. The maximum Gasteiger partial charge on any atom is 0.196 e. The van der Waals surface area contributed by atoms with Gasteiger partial charge in [-0.15, -0.1) is 0 Å². The van der Waals surface area contributed by atoms with E-state index in [0.717, 1.165) is 36.2 Å². The van der Waals surface area contributed by atoms with Crippen molar-refractivity contribution in [2.75, 3.05) is 25.1 Å². The monoisotopic (exact) mass is 270 g/mol. The van der Waals surface area contributed by atoms with Crippen LogP contribution in [-0.2, 0) is 0 Å². The van der Waals surface area contributed by atoms with Gasteiger partial charge in [0.25, 0.3) is 0 Å². The average molecular weight is 270 g/mol. The fourth-order valence-corrected chi connectivity index (χ4v) is 2.39. The van der Waals surface area contributed by atoms with Gasteiger partial charge in [0.05, 0.1) is 13.3 Å². The molecule has 0 atom stereocenters. The molecule has 1 fully saturated rings. The molecule has 0 N–H and O–H groups in total. The van der Waals surface area contributed by atoms with Crippen LogP contribution in [0, 0.1) is 0 Å². The molecule has 0 aliphatic carbocycles. The highest BCUT2D eigenvalue weighted by Gasteiger charge is 2.15. The zero-order valence-corrected chi connectivity index (χ0v) is 11.6. The van der Waals surface area contributed by atoms with E-state index in [1.54, 1.807) is 13.3 Å². The van der Waals surface area contributed by atoms with Gasteiger partial charge in [-0.05, 0) is 31.0 Å². The van der Waals surface area contributed by atoms with Crippen molar-refractivity contribution in [1.82, 2.24) is 0 Å². The first-order valence-electron chi connectivity index (χ1n) is 6.89. The summed E-state index contributed by atoms with van der Waals surface area (Å²) in [5.41, 5.74) is 0.800. The molecule has 1 aliphatic rings. The molecule has 4 nitrogen and oxygen atoms in total. The Morgan fingerprint density at radius 2 is 1.95 bits per heavy atom. The number of aliphatic imine (C=N–C) groups is 1. The first kappa shape index (κ1) is 12.8. The second-order valence-corrected chi connectivity index (χ2v) is 4.80. The predicted octanol–water partition coefficient (Wildman–Crippen LogP) is 3.64. The third kappa shape index (κ3) is 2.69. The summed E-state index contributed by atoms with van der Waals surface area (Å²) in [5.74, 6) is 2.46. The Labute approximate surface area is 118 Å². The average Bonchev–Trinajstić information content (AvgIpc) is 3.16. The lowest BCUT2D eigenvalue weighted by Gasteiger charge is -2.12. The van der Waals surface area contributed by atoms with E-state index in [0.29, 0.717) is 0 Å². The van der Waals surface area contributed by atoms with Crippen LogP contribution in [0.2, 0.25) is 0 Å². The summed E-state index contributed by atoms with van der Waals surface area (Å²) in [6, 6.07) is 11.6. The molecule has 0 spiro atoms. The fraction of sp³-hybridized carbons (Fsp3) is 0.312. The standard InChI is InChI=1S/C16H18N2O2/c1-19-15-7-3-2-6-14(15)17-12-13-8-9-16(20-13)18-10-4-5-11-18/h2-3,6-9,12H,4-5,10-11H2,1H3. The number of ether oxygens (including phenoxy) is 1. The van der Waals surface area contributed by atoms with Crippen molar-refractivity contribution in [3.8, 4) is 5.75 Å². The topological polar surface area (TPSA) is 38.0 Å². The lowest BCUT2D eigenvalue weighted by Crippen LogP contribution is -2.16. The summed E-state index contributed by atoms with van der Waals surface area (Å²) in [6.07, 6.45) is 4.22. The van der Waals surface area contributed by atoms with E-state index < -0.39 is 0 Å². The summed E-state index contributed by atoms with van der Waals surface area (Å²) in [6.45, 7) is 2.16. The molecular weight excluding hydrogens is 252 g/mol. The van der Waals surface area contributed by atoms with Crippen molar-refractivity contribution >= 4 is 17.8 Å². The van der Waals surface area contributed by atoms with E-state index in [4.69, 9.17) is 9.15 Å². The Morgan fingerprint density at radius 3 is 2.75 bits per heavy atom. The minimum atomic E-state index is 0.759. The second kappa shape index (κ2) is 5.82. The summed E-state index contributed by atoms with van der Waals surface area (Å²) in [7, 11) is 1.65. The van der Waals surface area contributed by atoms with E-state index in [1.807, 2.05) is 36.4 Å². The minimum Gasteiger partial charge on any atom is -0.494 e. The maximum atomic E-state index is 5.80. The van der Waals surface area contributed by atoms with Crippen LogP contribution in [0.15, 0.2) is 45.8 Å². The highest BCUT2D eigenvalue weighted by atomic mass is 16.5. The number of benzene rings is 1. The molecule has 0 unspecified atom stereocenters. The Balaban J connectivity index is 1.75. The van der Waals surface area contributed by atoms with Gasteiger partial charge in [-0.2, -0.15) is 0 Å². The van der Waals surface area contributed by atoms with Gasteiger partial charge in [0, 0.05) is 19.2 Å². The van der Waals surface area contributed by atoms with Crippen molar-refractivity contribution < 1.29 is 9.15 Å². The first-order chi connectivity index (χ1) is 9.86. The lowest BCUT2D eigenvalue weighted by atomic mass is 10.3. The van der Waals surface area contributed by atoms with Gasteiger partial charge in [0.1, 0.15) is 17.2 Å². The van der Waals surface area contributed by atoms with Crippen molar-refractivity contribution in [1.29, 1.82) is 0 Å². The quantitative estimate of drug-likeness (QED) is 0.796. The molecule has 0 amide bonds. The number of rotatable bonds is 4. The molecular formula is C16H18N2O2. The summed E-state index contributed by atoms with van der Waals surface area (Å²) < 4.78 is 11.1. The summed E-state index contributed by atoms with van der Waals surface area (Å²) in [4.78, 5) is 6.69. The molecule has 2 aromatic rings. The van der Waals surface area contributed by atoms with E-state index in [-0.39, 0.29) is 0 Å². The zero-order chi connectivity index (χ0) is 13.8. The van der Waals surface area contributed by atoms with E-state index in [9.17, 15) is 0 Å². The number of hydrogen-bond acceptors (Lipinski definition) is 4. The predicted molar refractivity (Wildman–Crippen MR) is 80.4 cm³/mol. The number of methoxy groups -OCH3 is 1. The molecule has 1 aliphatic heterocycles. The van der Waals surface area contributed by atoms with Crippen LogP contribution in [0.5, 0.6) is 5.75 Å². The smallest absolute Gasteiger partial charge is 0.196 e. The van der Waals surface area contributed by atoms with Gasteiger partial charge < -0.3 is 14.1 Å². The van der Waals surface area contributed by atoms with Gasteiger partial charge >= 0.3 is 0 Å². The third-order valence-electron chi connectivity index (χ3n) is 3.45.